The lowest BCUT2D eigenvalue weighted by atomic mass is 10.0. The zero-order chi connectivity index (χ0) is 26.8. The largest absolute Gasteiger partial charge is 0.504 e. The van der Waals surface area contributed by atoms with Crippen LogP contribution in [0.3, 0.4) is 0 Å². The maximum atomic E-state index is 14.1. The molecule has 3 N–H and O–H groups in total. The van der Waals surface area contributed by atoms with Crippen molar-refractivity contribution in [2.75, 3.05) is 4.90 Å². The Hall–Kier alpha value is -4.40. The Bertz CT molecular complexity index is 1470. The monoisotopic (exact) mass is 513 g/mol. The summed E-state index contributed by atoms with van der Waals surface area (Å²) in [5.41, 5.74) is 4.18. The number of rotatable bonds is 7. The Labute approximate surface area is 220 Å². The fourth-order valence-corrected chi connectivity index (χ4v) is 5.24. The van der Waals surface area contributed by atoms with Gasteiger partial charge < -0.3 is 15.5 Å². The standard InChI is InChI=1S/C29H31N5O4/c1-18-13-19(2)15-22(14-18)34(27(37)17-33-24-10-6-5-9-23(24)31-32-33)28(20-11-12-25(35)26(36)16-20)29(38)30-21-7-3-4-8-21/h5-6,9-16,21,28,35-36H,3-4,7-8,17H2,1-2H3,(H,30,38). The molecule has 0 radical (unpaired) electrons. The highest BCUT2D eigenvalue weighted by molar-refractivity contribution is 6.01. The highest BCUT2D eigenvalue weighted by Crippen LogP contribution is 2.35. The molecule has 1 unspecified atom stereocenters. The molecule has 1 aromatic heterocycles. The lowest BCUT2D eigenvalue weighted by Crippen LogP contribution is -2.47. The van der Waals surface area contributed by atoms with Crippen LogP contribution in [0, 0.1) is 13.8 Å². The molecular weight excluding hydrogens is 482 g/mol. The molecule has 1 saturated carbocycles. The van der Waals surface area contributed by atoms with Crippen LogP contribution in [0.2, 0.25) is 0 Å². The number of phenols is 2. The number of para-hydroxylation sites is 1. The third-order valence-electron chi connectivity index (χ3n) is 6.98. The smallest absolute Gasteiger partial charge is 0.249 e. The van der Waals surface area contributed by atoms with Crippen molar-refractivity contribution in [2.24, 2.45) is 0 Å². The number of amides is 2. The fourth-order valence-electron chi connectivity index (χ4n) is 5.24. The predicted octanol–water partition coefficient (Wildman–Crippen LogP) is 4.29. The van der Waals surface area contributed by atoms with Crippen LogP contribution in [-0.4, -0.2) is 43.1 Å². The molecular formula is C29H31N5O4. The van der Waals surface area contributed by atoms with Gasteiger partial charge in [-0.15, -0.1) is 5.10 Å². The second-order valence-electron chi connectivity index (χ2n) is 9.99. The van der Waals surface area contributed by atoms with Gasteiger partial charge in [-0.25, -0.2) is 4.68 Å². The second-order valence-corrected chi connectivity index (χ2v) is 9.99. The molecule has 4 aromatic rings. The zero-order valence-electron chi connectivity index (χ0n) is 21.5. The topological polar surface area (TPSA) is 121 Å². The van der Waals surface area contributed by atoms with Gasteiger partial charge in [-0.3, -0.25) is 14.5 Å². The van der Waals surface area contributed by atoms with E-state index in [0.29, 0.717) is 22.3 Å². The number of anilines is 1. The molecule has 1 aliphatic carbocycles. The van der Waals surface area contributed by atoms with E-state index < -0.39 is 6.04 Å². The molecule has 196 valence electrons. The third kappa shape index (κ3) is 5.18. The van der Waals surface area contributed by atoms with Crippen molar-refractivity contribution >= 4 is 28.5 Å². The molecule has 1 atom stereocenters. The first-order chi connectivity index (χ1) is 18.3. The van der Waals surface area contributed by atoms with Crippen LogP contribution in [-0.2, 0) is 16.1 Å². The van der Waals surface area contributed by atoms with Crippen molar-refractivity contribution < 1.29 is 19.8 Å². The average Bonchev–Trinajstić information content (AvgIpc) is 3.53. The summed E-state index contributed by atoms with van der Waals surface area (Å²) in [4.78, 5) is 29.5. The molecule has 0 bridgehead atoms. The van der Waals surface area contributed by atoms with E-state index in [2.05, 4.69) is 15.6 Å². The van der Waals surface area contributed by atoms with E-state index in [9.17, 15) is 19.8 Å². The van der Waals surface area contributed by atoms with Crippen LogP contribution in [0.1, 0.15) is 48.4 Å². The molecule has 38 heavy (non-hydrogen) atoms. The van der Waals surface area contributed by atoms with Crippen LogP contribution < -0.4 is 10.2 Å². The molecule has 1 aliphatic rings. The van der Waals surface area contributed by atoms with Crippen molar-refractivity contribution in [1.29, 1.82) is 0 Å². The second kappa shape index (κ2) is 10.5. The Morgan fingerprint density at radius 1 is 1.00 bits per heavy atom. The molecule has 9 heteroatoms. The third-order valence-corrected chi connectivity index (χ3v) is 6.98. The number of aryl methyl sites for hydroxylation is 2. The Morgan fingerprint density at radius 3 is 2.42 bits per heavy atom. The van der Waals surface area contributed by atoms with Crippen LogP contribution in [0.5, 0.6) is 11.5 Å². The van der Waals surface area contributed by atoms with Crippen molar-refractivity contribution in [2.45, 2.75) is 58.2 Å². The van der Waals surface area contributed by atoms with Crippen molar-refractivity contribution in [1.82, 2.24) is 20.3 Å². The number of carbonyl (C=O) groups is 2. The van der Waals surface area contributed by atoms with E-state index in [1.165, 1.54) is 21.7 Å². The van der Waals surface area contributed by atoms with Gasteiger partial charge in [0.1, 0.15) is 18.1 Å². The van der Waals surface area contributed by atoms with Gasteiger partial charge in [0.15, 0.2) is 11.5 Å². The number of benzene rings is 3. The van der Waals surface area contributed by atoms with Crippen molar-refractivity contribution in [3.63, 3.8) is 0 Å². The quantitative estimate of drug-likeness (QED) is 0.317. The van der Waals surface area contributed by atoms with Gasteiger partial charge in [0.05, 0.1) is 5.52 Å². The van der Waals surface area contributed by atoms with E-state index in [4.69, 9.17) is 0 Å². The number of aromatic nitrogens is 3. The van der Waals surface area contributed by atoms with Gasteiger partial charge >= 0.3 is 0 Å². The van der Waals surface area contributed by atoms with E-state index in [-0.39, 0.29) is 35.9 Å². The van der Waals surface area contributed by atoms with Crippen LogP contribution in [0.25, 0.3) is 11.0 Å². The summed E-state index contributed by atoms with van der Waals surface area (Å²) in [6, 6.07) is 16.2. The number of fused-ring (bicyclic) bond motifs is 1. The summed E-state index contributed by atoms with van der Waals surface area (Å²) in [6.45, 7) is 3.72. The number of nitrogens with one attached hydrogen (secondary N) is 1. The SMILES string of the molecule is Cc1cc(C)cc(N(C(=O)Cn2nnc3ccccc32)C(C(=O)NC2CCCC2)c2ccc(O)c(O)c2)c1. The highest BCUT2D eigenvalue weighted by Gasteiger charge is 2.35. The van der Waals surface area contributed by atoms with E-state index in [1.807, 2.05) is 56.3 Å². The molecule has 1 fully saturated rings. The normalized spacial score (nSPS) is 14.5. The number of nitrogens with zero attached hydrogens (tertiary/aromatic N) is 4. The van der Waals surface area contributed by atoms with Gasteiger partial charge in [-0.2, -0.15) is 0 Å². The molecule has 2 amide bonds. The maximum Gasteiger partial charge on any atom is 0.249 e. The number of phenolic OH excluding ortho intramolecular Hbond substituents is 2. The van der Waals surface area contributed by atoms with Crippen molar-refractivity contribution in [3.05, 3.63) is 77.4 Å². The van der Waals surface area contributed by atoms with Gasteiger partial charge in [-0.05, 0) is 79.8 Å². The first-order valence-corrected chi connectivity index (χ1v) is 12.8. The maximum absolute atomic E-state index is 14.1. The molecule has 3 aromatic carbocycles. The lowest BCUT2D eigenvalue weighted by molar-refractivity contribution is -0.127. The zero-order valence-corrected chi connectivity index (χ0v) is 21.5. The Kier molecular flexibility index (Phi) is 7.00. The van der Waals surface area contributed by atoms with E-state index in [0.717, 1.165) is 36.8 Å². The molecule has 5 rings (SSSR count). The van der Waals surface area contributed by atoms with Gasteiger partial charge in [0.25, 0.3) is 0 Å². The van der Waals surface area contributed by atoms with Crippen LogP contribution >= 0.6 is 0 Å². The first-order valence-electron chi connectivity index (χ1n) is 12.8. The van der Waals surface area contributed by atoms with Gasteiger partial charge in [0.2, 0.25) is 11.8 Å². The predicted molar refractivity (Wildman–Crippen MR) is 144 cm³/mol. The fraction of sp³-hybridized carbons (Fsp3) is 0.310. The molecule has 0 aliphatic heterocycles. The minimum atomic E-state index is -1.09. The van der Waals surface area contributed by atoms with Crippen LogP contribution in [0.15, 0.2) is 60.7 Å². The summed E-state index contributed by atoms with van der Waals surface area (Å²) >= 11 is 0. The number of hydrogen-bond donors (Lipinski definition) is 3. The summed E-state index contributed by atoms with van der Waals surface area (Å²) < 4.78 is 1.52. The minimum Gasteiger partial charge on any atom is -0.504 e. The molecule has 0 saturated heterocycles. The summed E-state index contributed by atoms with van der Waals surface area (Å²) in [5.74, 6) is -1.39. The van der Waals surface area contributed by atoms with Gasteiger partial charge in [0, 0.05) is 11.7 Å². The molecule has 0 spiro atoms. The summed E-state index contributed by atoms with van der Waals surface area (Å²) in [6.07, 6.45) is 3.83. The average molecular weight is 514 g/mol. The van der Waals surface area contributed by atoms with Crippen LogP contribution in [0.4, 0.5) is 5.69 Å². The number of aromatic hydroxyl groups is 2. The summed E-state index contributed by atoms with van der Waals surface area (Å²) in [5, 5.41) is 31.7. The molecule has 9 nitrogen and oxygen atoms in total. The lowest BCUT2D eigenvalue weighted by Gasteiger charge is -2.33. The van der Waals surface area contributed by atoms with Crippen molar-refractivity contribution in [3.8, 4) is 11.5 Å². The number of hydrogen-bond acceptors (Lipinski definition) is 6. The number of carbonyl (C=O) groups excluding carboxylic acids is 2. The van der Waals surface area contributed by atoms with E-state index in [1.54, 1.807) is 6.07 Å². The Balaban J connectivity index is 1.61. The van der Waals surface area contributed by atoms with E-state index >= 15 is 0 Å². The highest BCUT2D eigenvalue weighted by atomic mass is 16.3. The summed E-state index contributed by atoms with van der Waals surface area (Å²) in [7, 11) is 0. The Morgan fingerprint density at radius 2 is 1.71 bits per heavy atom. The molecule has 1 heterocycles. The first kappa shape index (κ1) is 25.3. The minimum absolute atomic E-state index is 0.0196. The van der Waals surface area contributed by atoms with Gasteiger partial charge in [-0.1, -0.05) is 42.3 Å².